The van der Waals surface area contributed by atoms with Gasteiger partial charge in [0.05, 0.1) is 0 Å². The Morgan fingerprint density at radius 1 is 1.15 bits per heavy atom. The Kier molecular flexibility index (Phi) is 3.97. The van der Waals surface area contributed by atoms with E-state index in [0.29, 0.717) is 0 Å². The second-order valence-corrected chi connectivity index (χ2v) is 5.52. The molecule has 3 nitrogen and oxygen atoms in total. The molecular weight excluding hydrogens is 246 g/mol. The molecule has 2 aromatic rings. The van der Waals surface area contributed by atoms with Gasteiger partial charge in [-0.3, -0.25) is 0 Å². The zero-order valence-electron chi connectivity index (χ0n) is 11.9. The van der Waals surface area contributed by atoms with E-state index >= 15 is 0 Å². The Labute approximate surface area is 120 Å². The summed E-state index contributed by atoms with van der Waals surface area (Å²) in [7, 11) is 2.09. The van der Waals surface area contributed by atoms with Crippen molar-refractivity contribution in [3.8, 4) is 0 Å². The SMILES string of the molecule is CN(Cc1ccccc1)c1cc(CNC2CC2)ccn1. The van der Waals surface area contributed by atoms with Gasteiger partial charge < -0.3 is 10.2 Å². The molecule has 3 rings (SSSR count). The van der Waals surface area contributed by atoms with Gasteiger partial charge in [0.1, 0.15) is 5.82 Å². The largest absolute Gasteiger partial charge is 0.355 e. The Bertz CT molecular complexity index is 549. The Hall–Kier alpha value is -1.87. The van der Waals surface area contributed by atoms with Crippen molar-refractivity contribution in [1.82, 2.24) is 10.3 Å². The van der Waals surface area contributed by atoms with Crippen LogP contribution in [-0.4, -0.2) is 18.1 Å². The topological polar surface area (TPSA) is 28.2 Å². The van der Waals surface area contributed by atoms with Gasteiger partial charge in [-0.05, 0) is 36.1 Å². The summed E-state index contributed by atoms with van der Waals surface area (Å²) in [6, 6.07) is 15.5. The molecule has 0 amide bonds. The lowest BCUT2D eigenvalue weighted by atomic mass is 10.2. The summed E-state index contributed by atoms with van der Waals surface area (Å²) in [6.07, 6.45) is 4.55. The van der Waals surface area contributed by atoms with Crippen molar-refractivity contribution in [2.75, 3.05) is 11.9 Å². The van der Waals surface area contributed by atoms with Crippen LogP contribution in [0.25, 0.3) is 0 Å². The third-order valence-corrected chi connectivity index (χ3v) is 3.64. The number of hydrogen-bond acceptors (Lipinski definition) is 3. The molecule has 0 atom stereocenters. The van der Waals surface area contributed by atoms with Crippen molar-refractivity contribution in [2.45, 2.75) is 32.0 Å². The minimum absolute atomic E-state index is 0.744. The predicted molar refractivity (Wildman–Crippen MR) is 82.6 cm³/mol. The number of nitrogens with one attached hydrogen (secondary N) is 1. The normalized spacial score (nSPS) is 14.2. The highest BCUT2D eigenvalue weighted by Crippen LogP contribution is 2.20. The fourth-order valence-electron chi connectivity index (χ4n) is 2.27. The van der Waals surface area contributed by atoms with Gasteiger partial charge in [0.15, 0.2) is 0 Å². The van der Waals surface area contributed by atoms with Crippen LogP contribution in [0.15, 0.2) is 48.7 Å². The number of hydrogen-bond donors (Lipinski definition) is 1. The zero-order chi connectivity index (χ0) is 13.8. The van der Waals surface area contributed by atoms with Crippen LogP contribution in [0.5, 0.6) is 0 Å². The maximum absolute atomic E-state index is 4.48. The highest BCUT2D eigenvalue weighted by molar-refractivity contribution is 5.41. The van der Waals surface area contributed by atoms with Crippen LogP contribution in [0.1, 0.15) is 24.0 Å². The van der Waals surface area contributed by atoms with Crippen LogP contribution in [0, 0.1) is 0 Å². The quantitative estimate of drug-likeness (QED) is 0.872. The molecule has 0 saturated heterocycles. The number of pyridine rings is 1. The van der Waals surface area contributed by atoms with Gasteiger partial charge in [0.2, 0.25) is 0 Å². The van der Waals surface area contributed by atoms with Gasteiger partial charge in [-0.15, -0.1) is 0 Å². The minimum Gasteiger partial charge on any atom is -0.355 e. The lowest BCUT2D eigenvalue weighted by Crippen LogP contribution is -2.19. The van der Waals surface area contributed by atoms with Crippen molar-refractivity contribution in [3.63, 3.8) is 0 Å². The first-order valence-corrected chi connectivity index (χ1v) is 7.24. The van der Waals surface area contributed by atoms with Crippen LogP contribution in [-0.2, 0) is 13.1 Å². The van der Waals surface area contributed by atoms with E-state index in [-0.39, 0.29) is 0 Å². The standard InChI is InChI=1S/C17H21N3/c1-20(13-14-5-3-2-4-6-14)17-11-15(9-10-18-17)12-19-16-7-8-16/h2-6,9-11,16,19H,7-8,12-13H2,1H3. The molecule has 1 aromatic carbocycles. The molecule has 0 aliphatic heterocycles. The van der Waals surface area contributed by atoms with E-state index in [9.17, 15) is 0 Å². The number of anilines is 1. The van der Waals surface area contributed by atoms with Gasteiger partial charge >= 0.3 is 0 Å². The molecule has 0 bridgehead atoms. The highest BCUT2D eigenvalue weighted by Gasteiger charge is 2.19. The van der Waals surface area contributed by atoms with Gasteiger partial charge in [0.25, 0.3) is 0 Å². The van der Waals surface area contributed by atoms with E-state index in [1.165, 1.54) is 24.0 Å². The molecule has 1 N–H and O–H groups in total. The number of nitrogens with zero attached hydrogens (tertiary/aromatic N) is 2. The maximum Gasteiger partial charge on any atom is 0.128 e. The Morgan fingerprint density at radius 3 is 2.70 bits per heavy atom. The molecule has 104 valence electrons. The third kappa shape index (κ3) is 3.58. The van der Waals surface area contributed by atoms with E-state index in [2.05, 4.69) is 58.6 Å². The van der Waals surface area contributed by atoms with Crippen LogP contribution < -0.4 is 10.2 Å². The number of benzene rings is 1. The molecule has 1 aliphatic rings. The van der Waals surface area contributed by atoms with Gasteiger partial charge in [-0.2, -0.15) is 0 Å². The van der Waals surface area contributed by atoms with Crippen LogP contribution in [0.2, 0.25) is 0 Å². The van der Waals surface area contributed by atoms with Crippen molar-refractivity contribution >= 4 is 5.82 Å². The van der Waals surface area contributed by atoms with Gasteiger partial charge in [-0.25, -0.2) is 4.98 Å². The summed E-state index contributed by atoms with van der Waals surface area (Å²) in [6.45, 7) is 1.83. The molecule has 3 heteroatoms. The van der Waals surface area contributed by atoms with Crippen molar-refractivity contribution in [3.05, 3.63) is 59.8 Å². The average molecular weight is 267 g/mol. The first kappa shape index (κ1) is 13.1. The first-order valence-electron chi connectivity index (χ1n) is 7.24. The molecular formula is C17H21N3. The third-order valence-electron chi connectivity index (χ3n) is 3.64. The summed E-state index contributed by atoms with van der Waals surface area (Å²) in [5.74, 6) is 1.03. The van der Waals surface area contributed by atoms with E-state index < -0.39 is 0 Å². The second-order valence-electron chi connectivity index (χ2n) is 5.52. The molecule has 1 fully saturated rings. The monoisotopic (exact) mass is 267 g/mol. The summed E-state index contributed by atoms with van der Waals surface area (Å²) < 4.78 is 0. The molecule has 0 spiro atoms. The molecule has 1 aromatic heterocycles. The average Bonchev–Trinajstić information content (AvgIpc) is 3.31. The van der Waals surface area contributed by atoms with Crippen LogP contribution in [0.4, 0.5) is 5.82 Å². The van der Waals surface area contributed by atoms with Crippen LogP contribution in [0.3, 0.4) is 0 Å². The molecule has 0 unspecified atom stereocenters. The van der Waals surface area contributed by atoms with E-state index in [0.717, 1.165) is 24.9 Å². The smallest absolute Gasteiger partial charge is 0.128 e. The molecule has 0 radical (unpaired) electrons. The molecule has 1 heterocycles. The molecule has 1 aliphatic carbocycles. The van der Waals surface area contributed by atoms with E-state index in [1.807, 2.05) is 12.3 Å². The van der Waals surface area contributed by atoms with Gasteiger partial charge in [0, 0.05) is 32.4 Å². The second kappa shape index (κ2) is 6.06. The fraction of sp³-hybridized carbons (Fsp3) is 0.353. The molecule has 20 heavy (non-hydrogen) atoms. The summed E-state index contributed by atoms with van der Waals surface area (Å²) in [5, 5.41) is 3.54. The van der Waals surface area contributed by atoms with Crippen LogP contribution >= 0.6 is 0 Å². The lowest BCUT2D eigenvalue weighted by Gasteiger charge is -2.19. The Balaban J connectivity index is 1.64. The number of aromatic nitrogens is 1. The predicted octanol–water partition coefficient (Wildman–Crippen LogP) is 2.97. The van der Waals surface area contributed by atoms with E-state index in [1.54, 1.807) is 0 Å². The lowest BCUT2D eigenvalue weighted by molar-refractivity contribution is 0.686. The zero-order valence-corrected chi connectivity index (χ0v) is 11.9. The van der Waals surface area contributed by atoms with E-state index in [4.69, 9.17) is 0 Å². The van der Waals surface area contributed by atoms with Crippen molar-refractivity contribution in [1.29, 1.82) is 0 Å². The number of rotatable bonds is 6. The van der Waals surface area contributed by atoms with Crippen molar-refractivity contribution in [2.24, 2.45) is 0 Å². The summed E-state index contributed by atoms with van der Waals surface area (Å²) in [4.78, 5) is 6.67. The maximum atomic E-state index is 4.48. The Morgan fingerprint density at radius 2 is 1.95 bits per heavy atom. The highest BCUT2D eigenvalue weighted by atomic mass is 15.2. The molecule has 1 saturated carbocycles. The summed E-state index contributed by atoms with van der Waals surface area (Å²) in [5.41, 5.74) is 2.61. The fourth-order valence-corrected chi connectivity index (χ4v) is 2.27. The van der Waals surface area contributed by atoms with Gasteiger partial charge in [-0.1, -0.05) is 30.3 Å². The minimum atomic E-state index is 0.744. The summed E-state index contributed by atoms with van der Waals surface area (Å²) >= 11 is 0. The van der Waals surface area contributed by atoms with Crippen molar-refractivity contribution < 1.29 is 0 Å². The first-order chi connectivity index (χ1) is 9.81.